The molecule has 0 aromatic heterocycles. The van der Waals surface area contributed by atoms with Gasteiger partial charge >= 0.3 is 13.6 Å². The summed E-state index contributed by atoms with van der Waals surface area (Å²) in [4.78, 5) is 12.5. The molecule has 0 aliphatic heterocycles. The van der Waals surface area contributed by atoms with Crippen LogP contribution in [0.15, 0.2) is 54.6 Å². The van der Waals surface area contributed by atoms with E-state index in [-0.39, 0.29) is 26.2 Å². The lowest BCUT2D eigenvalue weighted by molar-refractivity contribution is -0.145. The fourth-order valence-electron chi connectivity index (χ4n) is 2.66. The molecule has 7 heteroatoms. The van der Waals surface area contributed by atoms with E-state index < -0.39 is 19.2 Å². The molecule has 2 rings (SSSR count). The number of benzene rings is 2. The van der Waals surface area contributed by atoms with Gasteiger partial charge in [-0.25, -0.2) is 0 Å². The number of halogens is 1. The van der Waals surface area contributed by atoms with E-state index >= 15 is 0 Å². The van der Waals surface area contributed by atoms with E-state index in [1.165, 1.54) is 0 Å². The monoisotopic (exact) mass is 410 g/mol. The van der Waals surface area contributed by atoms with Gasteiger partial charge in [0.25, 0.3) is 0 Å². The zero-order valence-corrected chi connectivity index (χ0v) is 17.1. The highest BCUT2D eigenvalue weighted by atomic mass is 35.5. The van der Waals surface area contributed by atoms with Crippen LogP contribution in [0.5, 0.6) is 0 Å². The number of ether oxygens (including phenoxy) is 1. The highest BCUT2D eigenvalue weighted by Crippen LogP contribution is 2.62. The molecule has 2 aromatic rings. The number of esters is 1. The summed E-state index contributed by atoms with van der Waals surface area (Å²) in [6.45, 7) is 4.01. The van der Waals surface area contributed by atoms with Crippen molar-refractivity contribution in [1.29, 1.82) is 0 Å². The minimum Gasteiger partial charge on any atom is -0.461 e. The lowest BCUT2D eigenvalue weighted by Gasteiger charge is -2.26. The molecule has 0 aliphatic carbocycles. The maximum atomic E-state index is 13.3. The number of carbonyl (C=O) groups excluding carboxylic acids is 1. The van der Waals surface area contributed by atoms with Crippen molar-refractivity contribution in [1.82, 2.24) is 0 Å². The van der Waals surface area contributed by atoms with Crippen LogP contribution >= 0.6 is 19.2 Å². The summed E-state index contributed by atoms with van der Waals surface area (Å²) in [5.41, 5.74) is 0.701. The molecular formula is C20H24ClO5P. The highest BCUT2D eigenvalue weighted by Gasteiger charge is 2.39. The summed E-state index contributed by atoms with van der Waals surface area (Å²) in [7, 11) is -3.58. The summed E-state index contributed by atoms with van der Waals surface area (Å²) < 4.78 is 29.6. The summed E-state index contributed by atoms with van der Waals surface area (Å²) in [6, 6.07) is 16.2. The quantitative estimate of drug-likeness (QED) is 0.367. The van der Waals surface area contributed by atoms with Gasteiger partial charge in [0, 0.05) is 5.02 Å². The predicted molar refractivity (Wildman–Crippen MR) is 106 cm³/mol. The molecule has 0 N–H and O–H groups in total. The van der Waals surface area contributed by atoms with E-state index in [1.54, 1.807) is 38.1 Å². The molecule has 5 nitrogen and oxygen atoms in total. The maximum absolute atomic E-state index is 13.3. The molecule has 0 amide bonds. The Labute approximate surface area is 165 Å². The van der Waals surface area contributed by atoms with Gasteiger partial charge < -0.3 is 13.8 Å². The Morgan fingerprint density at radius 3 is 2.30 bits per heavy atom. The average Bonchev–Trinajstić information content (AvgIpc) is 2.65. The summed E-state index contributed by atoms with van der Waals surface area (Å²) in [6.07, 6.45) is -0.134. The highest BCUT2D eigenvalue weighted by molar-refractivity contribution is 7.54. The zero-order valence-electron chi connectivity index (χ0n) is 15.5. The number of rotatable bonds is 10. The summed E-state index contributed by atoms with van der Waals surface area (Å²) in [5.74, 6) is -0.483. The second-order valence-electron chi connectivity index (χ2n) is 5.80. The molecule has 0 saturated carbocycles. The van der Waals surface area contributed by atoms with Crippen molar-refractivity contribution < 1.29 is 23.1 Å². The summed E-state index contributed by atoms with van der Waals surface area (Å²) in [5, 5.41) is 0.481. The predicted octanol–water partition coefficient (Wildman–Crippen LogP) is 5.78. The van der Waals surface area contributed by atoms with Crippen molar-refractivity contribution >= 4 is 25.2 Å². The van der Waals surface area contributed by atoms with E-state index in [0.717, 1.165) is 5.56 Å². The third kappa shape index (κ3) is 6.47. The van der Waals surface area contributed by atoms with Crippen LogP contribution in [-0.2, 0) is 29.8 Å². The SMILES string of the molecule is CCOP(=O)(OCC)[C@@H](CC(=O)OCc1ccccc1)c1cccc(Cl)c1. The molecule has 0 unspecified atom stereocenters. The molecule has 2 aromatic carbocycles. The van der Waals surface area contributed by atoms with Crippen LogP contribution in [0.1, 0.15) is 37.1 Å². The fraction of sp³-hybridized carbons (Fsp3) is 0.350. The van der Waals surface area contributed by atoms with Crippen molar-refractivity contribution in [2.45, 2.75) is 32.5 Å². The van der Waals surface area contributed by atoms with E-state index in [4.69, 9.17) is 25.4 Å². The minimum absolute atomic E-state index is 0.134. The Morgan fingerprint density at radius 2 is 1.70 bits per heavy atom. The molecule has 0 fully saturated rings. The maximum Gasteiger partial charge on any atom is 0.338 e. The third-order valence-corrected chi connectivity index (χ3v) is 6.55. The van der Waals surface area contributed by atoms with Crippen LogP contribution in [-0.4, -0.2) is 19.2 Å². The van der Waals surface area contributed by atoms with Gasteiger partial charge in [-0.1, -0.05) is 54.1 Å². The van der Waals surface area contributed by atoms with Gasteiger partial charge in [-0.15, -0.1) is 0 Å². The standard InChI is InChI=1S/C20H24ClO5P/c1-3-25-27(23,26-4-2)19(17-11-8-12-18(21)13-17)14-20(22)24-15-16-9-6-5-7-10-16/h5-13,19H,3-4,14-15H2,1-2H3/t19-/m0/s1. The largest absolute Gasteiger partial charge is 0.461 e. The molecule has 0 bridgehead atoms. The second-order valence-corrected chi connectivity index (χ2v) is 8.45. The van der Waals surface area contributed by atoms with Crippen molar-refractivity contribution in [2.75, 3.05) is 13.2 Å². The molecule has 0 saturated heterocycles. The van der Waals surface area contributed by atoms with Crippen LogP contribution in [0, 0.1) is 0 Å². The normalized spacial score (nSPS) is 12.6. The van der Waals surface area contributed by atoms with Crippen LogP contribution in [0.4, 0.5) is 0 Å². The van der Waals surface area contributed by atoms with Gasteiger partial charge in [-0.2, -0.15) is 0 Å². The van der Waals surface area contributed by atoms with E-state index in [0.29, 0.717) is 10.6 Å². The van der Waals surface area contributed by atoms with Gasteiger partial charge in [0.1, 0.15) is 6.61 Å². The third-order valence-electron chi connectivity index (χ3n) is 3.84. The van der Waals surface area contributed by atoms with Gasteiger partial charge in [-0.3, -0.25) is 9.36 Å². The molecular weight excluding hydrogens is 387 g/mol. The Morgan fingerprint density at radius 1 is 1.04 bits per heavy atom. The number of hydrogen-bond donors (Lipinski definition) is 0. The smallest absolute Gasteiger partial charge is 0.338 e. The van der Waals surface area contributed by atoms with E-state index in [2.05, 4.69) is 0 Å². The van der Waals surface area contributed by atoms with Gasteiger partial charge in [-0.05, 0) is 37.1 Å². The Balaban J connectivity index is 2.21. The Kier molecular flexibility index (Phi) is 8.52. The van der Waals surface area contributed by atoms with Crippen LogP contribution in [0.3, 0.4) is 0 Å². The molecule has 1 atom stereocenters. The first-order valence-electron chi connectivity index (χ1n) is 8.82. The first-order valence-corrected chi connectivity index (χ1v) is 10.8. The minimum atomic E-state index is -3.58. The molecule has 0 heterocycles. The molecule has 0 spiro atoms. The van der Waals surface area contributed by atoms with Crippen LogP contribution < -0.4 is 0 Å². The number of hydrogen-bond acceptors (Lipinski definition) is 5. The fourth-order valence-corrected chi connectivity index (χ4v) is 4.91. The Hall–Kier alpha value is -1.65. The van der Waals surface area contributed by atoms with Gasteiger partial charge in [0.15, 0.2) is 0 Å². The Bertz CT molecular complexity index is 771. The number of carbonyl (C=O) groups is 1. The van der Waals surface area contributed by atoms with Crippen LogP contribution in [0.2, 0.25) is 5.02 Å². The lowest BCUT2D eigenvalue weighted by Crippen LogP contribution is -2.14. The zero-order chi connectivity index (χ0) is 19.7. The average molecular weight is 411 g/mol. The molecule has 146 valence electrons. The first kappa shape index (κ1) is 21.6. The molecule has 27 heavy (non-hydrogen) atoms. The van der Waals surface area contributed by atoms with Crippen molar-refractivity contribution in [3.8, 4) is 0 Å². The summed E-state index contributed by atoms with van der Waals surface area (Å²) >= 11 is 6.08. The van der Waals surface area contributed by atoms with Gasteiger partial charge in [0.05, 0.1) is 25.3 Å². The van der Waals surface area contributed by atoms with Gasteiger partial charge in [0.2, 0.25) is 0 Å². The van der Waals surface area contributed by atoms with Crippen LogP contribution in [0.25, 0.3) is 0 Å². The van der Waals surface area contributed by atoms with Crippen molar-refractivity contribution in [3.05, 3.63) is 70.7 Å². The first-order chi connectivity index (χ1) is 13.0. The van der Waals surface area contributed by atoms with E-state index in [1.807, 2.05) is 30.3 Å². The van der Waals surface area contributed by atoms with Crippen molar-refractivity contribution in [3.63, 3.8) is 0 Å². The van der Waals surface area contributed by atoms with E-state index in [9.17, 15) is 9.36 Å². The topological polar surface area (TPSA) is 61.8 Å². The van der Waals surface area contributed by atoms with Crippen molar-refractivity contribution in [2.24, 2.45) is 0 Å². The molecule has 0 radical (unpaired) electrons. The molecule has 0 aliphatic rings. The lowest BCUT2D eigenvalue weighted by atomic mass is 10.1. The second kappa shape index (κ2) is 10.6.